The number of β-amino-alcohol motifs (C(OH)–C–C–N with tert-alkyl or cyclic N) is 1. The summed E-state index contributed by atoms with van der Waals surface area (Å²) in [5.41, 5.74) is 1.19. The predicted molar refractivity (Wildman–Crippen MR) is 109 cm³/mol. The van der Waals surface area contributed by atoms with Crippen LogP contribution in [0.25, 0.3) is 0 Å². The Balaban J connectivity index is 1.32. The maximum atomic E-state index is 10.7. The van der Waals surface area contributed by atoms with Gasteiger partial charge >= 0.3 is 0 Å². The second-order valence-corrected chi connectivity index (χ2v) is 7.99. The maximum Gasteiger partial charge on any atom is 0.127 e. The molecule has 0 saturated carbocycles. The van der Waals surface area contributed by atoms with Gasteiger partial charge in [-0.25, -0.2) is 0 Å². The SMILES string of the molecule is OC1CCN([C@@H]2CCN(Cc3cccc(Oc4ccccc4)c3)C[C@H]2O)CC1. The van der Waals surface area contributed by atoms with Crippen molar-refractivity contribution in [2.24, 2.45) is 0 Å². The highest BCUT2D eigenvalue weighted by molar-refractivity contribution is 5.33. The standard InChI is InChI=1S/C23H30N2O3/c26-19-9-13-25(14-10-19)22-11-12-24(17-23(22)27)16-18-5-4-8-21(15-18)28-20-6-2-1-3-7-20/h1-8,15,19,22-23,26-27H,9-14,16-17H2/t22-,23-/m1/s1. The van der Waals surface area contributed by atoms with Gasteiger partial charge in [0, 0.05) is 38.8 Å². The van der Waals surface area contributed by atoms with Crippen molar-refractivity contribution >= 4 is 0 Å². The van der Waals surface area contributed by atoms with E-state index in [0.717, 1.165) is 56.9 Å². The van der Waals surface area contributed by atoms with E-state index in [9.17, 15) is 10.2 Å². The zero-order valence-electron chi connectivity index (χ0n) is 16.3. The molecule has 2 heterocycles. The number of para-hydroxylation sites is 1. The van der Waals surface area contributed by atoms with Gasteiger partial charge in [0.25, 0.3) is 0 Å². The van der Waals surface area contributed by atoms with E-state index in [2.05, 4.69) is 21.9 Å². The summed E-state index contributed by atoms with van der Waals surface area (Å²) in [4.78, 5) is 4.69. The molecule has 0 bridgehead atoms. The van der Waals surface area contributed by atoms with E-state index in [1.54, 1.807) is 0 Å². The average Bonchev–Trinajstić information content (AvgIpc) is 2.70. The summed E-state index contributed by atoms with van der Waals surface area (Å²) in [6.07, 6.45) is 2.10. The number of piperidine rings is 2. The molecule has 2 saturated heterocycles. The minimum Gasteiger partial charge on any atom is -0.457 e. The largest absolute Gasteiger partial charge is 0.457 e. The van der Waals surface area contributed by atoms with Crippen LogP contribution >= 0.6 is 0 Å². The molecule has 4 rings (SSSR count). The molecule has 2 aromatic carbocycles. The number of hydrogen-bond donors (Lipinski definition) is 2. The van der Waals surface area contributed by atoms with Gasteiger partial charge in [-0.05, 0) is 49.1 Å². The summed E-state index contributed by atoms with van der Waals surface area (Å²) in [5.74, 6) is 1.67. The molecular formula is C23H30N2O3. The molecule has 2 aliphatic heterocycles. The molecule has 150 valence electrons. The number of rotatable bonds is 5. The topological polar surface area (TPSA) is 56.2 Å². The van der Waals surface area contributed by atoms with Gasteiger partial charge in [-0.3, -0.25) is 9.80 Å². The average molecular weight is 383 g/mol. The second-order valence-electron chi connectivity index (χ2n) is 7.99. The Labute approximate surface area is 167 Å². The molecule has 5 heteroatoms. The summed E-state index contributed by atoms with van der Waals surface area (Å²) in [6, 6.07) is 18.2. The molecule has 0 radical (unpaired) electrons. The van der Waals surface area contributed by atoms with Gasteiger partial charge in [0.05, 0.1) is 12.2 Å². The van der Waals surface area contributed by atoms with Gasteiger partial charge in [0.1, 0.15) is 11.5 Å². The first kappa shape index (κ1) is 19.4. The van der Waals surface area contributed by atoms with Crippen molar-refractivity contribution in [1.29, 1.82) is 0 Å². The van der Waals surface area contributed by atoms with E-state index in [0.29, 0.717) is 6.54 Å². The first-order valence-electron chi connectivity index (χ1n) is 10.3. The summed E-state index contributed by atoms with van der Waals surface area (Å²) in [6.45, 7) is 4.26. The van der Waals surface area contributed by atoms with E-state index >= 15 is 0 Å². The second kappa shape index (κ2) is 9.05. The molecule has 28 heavy (non-hydrogen) atoms. The number of hydrogen-bond acceptors (Lipinski definition) is 5. The van der Waals surface area contributed by atoms with Crippen LogP contribution in [0.4, 0.5) is 0 Å². The van der Waals surface area contributed by atoms with E-state index in [1.807, 2.05) is 42.5 Å². The fraction of sp³-hybridized carbons (Fsp3) is 0.478. The Morgan fingerprint density at radius 3 is 2.36 bits per heavy atom. The number of ether oxygens (including phenoxy) is 1. The van der Waals surface area contributed by atoms with Crippen molar-refractivity contribution in [2.45, 2.75) is 44.1 Å². The number of nitrogens with zero attached hydrogens (tertiary/aromatic N) is 2. The quantitative estimate of drug-likeness (QED) is 0.833. The van der Waals surface area contributed by atoms with Crippen LogP contribution in [-0.2, 0) is 6.54 Å². The van der Waals surface area contributed by atoms with Crippen LogP contribution in [0.2, 0.25) is 0 Å². The number of benzene rings is 2. The summed E-state index contributed by atoms with van der Waals surface area (Å²) < 4.78 is 5.94. The molecule has 2 N–H and O–H groups in total. The van der Waals surface area contributed by atoms with Crippen LogP contribution in [-0.4, -0.2) is 64.4 Å². The van der Waals surface area contributed by atoms with E-state index < -0.39 is 0 Å². The smallest absolute Gasteiger partial charge is 0.127 e. The first-order valence-corrected chi connectivity index (χ1v) is 10.3. The molecule has 2 aliphatic rings. The Hall–Kier alpha value is -1.92. The maximum absolute atomic E-state index is 10.7. The lowest BCUT2D eigenvalue weighted by Gasteiger charge is -2.43. The molecule has 2 atom stereocenters. The van der Waals surface area contributed by atoms with E-state index in [-0.39, 0.29) is 18.2 Å². The van der Waals surface area contributed by atoms with Crippen molar-refractivity contribution < 1.29 is 14.9 Å². The Morgan fingerprint density at radius 2 is 1.61 bits per heavy atom. The molecular weight excluding hydrogens is 352 g/mol. The molecule has 5 nitrogen and oxygen atoms in total. The number of aliphatic hydroxyl groups is 2. The fourth-order valence-corrected chi connectivity index (χ4v) is 4.36. The number of likely N-dealkylation sites (tertiary alicyclic amines) is 2. The zero-order valence-corrected chi connectivity index (χ0v) is 16.3. The van der Waals surface area contributed by atoms with Gasteiger partial charge in [0.2, 0.25) is 0 Å². The van der Waals surface area contributed by atoms with Gasteiger partial charge in [-0.1, -0.05) is 30.3 Å². The predicted octanol–water partition coefficient (Wildman–Crippen LogP) is 2.87. The van der Waals surface area contributed by atoms with Crippen LogP contribution in [0.1, 0.15) is 24.8 Å². The third-order valence-corrected chi connectivity index (χ3v) is 5.88. The molecule has 0 aliphatic carbocycles. The molecule has 0 spiro atoms. The van der Waals surface area contributed by atoms with Gasteiger partial charge in [-0.2, -0.15) is 0 Å². The van der Waals surface area contributed by atoms with Crippen LogP contribution in [0.15, 0.2) is 54.6 Å². The third kappa shape index (κ3) is 4.92. The highest BCUT2D eigenvalue weighted by atomic mass is 16.5. The van der Waals surface area contributed by atoms with Crippen LogP contribution in [0.3, 0.4) is 0 Å². The lowest BCUT2D eigenvalue weighted by Crippen LogP contribution is -2.55. The lowest BCUT2D eigenvalue weighted by atomic mass is 9.96. The summed E-state index contributed by atoms with van der Waals surface area (Å²) in [5, 5.41) is 20.4. The van der Waals surface area contributed by atoms with Crippen LogP contribution in [0.5, 0.6) is 11.5 Å². The summed E-state index contributed by atoms with van der Waals surface area (Å²) in [7, 11) is 0. The lowest BCUT2D eigenvalue weighted by molar-refractivity contribution is -0.0355. The molecule has 2 aromatic rings. The molecule has 0 aromatic heterocycles. The third-order valence-electron chi connectivity index (χ3n) is 5.88. The highest BCUT2D eigenvalue weighted by Crippen LogP contribution is 2.25. The van der Waals surface area contributed by atoms with Crippen molar-refractivity contribution in [3.05, 3.63) is 60.2 Å². The van der Waals surface area contributed by atoms with E-state index in [4.69, 9.17) is 4.74 Å². The summed E-state index contributed by atoms with van der Waals surface area (Å²) >= 11 is 0. The van der Waals surface area contributed by atoms with Crippen LogP contribution in [0, 0.1) is 0 Å². The fourth-order valence-electron chi connectivity index (χ4n) is 4.36. The Bertz CT molecular complexity index is 747. The first-order chi connectivity index (χ1) is 13.7. The highest BCUT2D eigenvalue weighted by Gasteiger charge is 2.33. The van der Waals surface area contributed by atoms with Crippen molar-refractivity contribution in [3.8, 4) is 11.5 Å². The van der Waals surface area contributed by atoms with Gasteiger partial charge < -0.3 is 14.9 Å². The normalized spacial score (nSPS) is 24.9. The monoisotopic (exact) mass is 382 g/mol. The molecule has 0 unspecified atom stereocenters. The van der Waals surface area contributed by atoms with Gasteiger partial charge in [-0.15, -0.1) is 0 Å². The van der Waals surface area contributed by atoms with Crippen molar-refractivity contribution in [2.75, 3.05) is 26.2 Å². The van der Waals surface area contributed by atoms with Gasteiger partial charge in [0.15, 0.2) is 0 Å². The van der Waals surface area contributed by atoms with Crippen LogP contribution < -0.4 is 4.74 Å². The molecule has 0 amide bonds. The van der Waals surface area contributed by atoms with Crippen molar-refractivity contribution in [1.82, 2.24) is 9.80 Å². The minimum absolute atomic E-state index is 0.168. The molecule has 2 fully saturated rings. The minimum atomic E-state index is -0.340. The van der Waals surface area contributed by atoms with E-state index in [1.165, 1.54) is 5.56 Å². The number of aliphatic hydroxyl groups excluding tert-OH is 2. The zero-order chi connectivity index (χ0) is 19.3. The van der Waals surface area contributed by atoms with Crippen molar-refractivity contribution in [3.63, 3.8) is 0 Å². The Kier molecular flexibility index (Phi) is 6.27. The Morgan fingerprint density at radius 1 is 0.857 bits per heavy atom.